The SMILES string of the molecule is CCCn1ccnc1CC(NCC)c1c(C)oc(C)c1C. The van der Waals surface area contributed by atoms with E-state index in [1.165, 1.54) is 11.1 Å². The lowest BCUT2D eigenvalue weighted by molar-refractivity contribution is 0.477. The number of nitrogens with one attached hydrogen (secondary N) is 1. The van der Waals surface area contributed by atoms with Crippen molar-refractivity contribution in [1.29, 1.82) is 0 Å². The molecule has 2 aromatic rings. The van der Waals surface area contributed by atoms with Crippen molar-refractivity contribution in [1.82, 2.24) is 14.9 Å². The van der Waals surface area contributed by atoms with Crippen LogP contribution in [0.15, 0.2) is 16.8 Å². The van der Waals surface area contributed by atoms with E-state index in [0.717, 1.165) is 43.3 Å². The summed E-state index contributed by atoms with van der Waals surface area (Å²) in [7, 11) is 0. The Morgan fingerprint density at radius 2 is 2.00 bits per heavy atom. The predicted molar refractivity (Wildman–Crippen MR) is 85.6 cm³/mol. The van der Waals surface area contributed by atoms with Gasteiger partial charge in [0, 0.05) is 37.0 Å². The molecule has 0 saturated carbocycles. The summed E-state index contributed by atoms with van der Waals surface area (Å²) in [6.07, 6.45) is 5.98. The van der Waals surface area contributed by atoms with Crippen LogP contribution in [0.3, 0.4) is 0 Å². The molecule has 0 aliphatic rings. The third kappa shape index (κ3) is 3.38. The first-order valence-electron chi connectivity index (χ1n) is 7.88. The first kappa shape index (κ1) is 15.8. The largest absolute Gasteiger partial charge is 0.466 e. The molecule has 0 radical (unpaired) electrons. The fourth-order valence-corrected chi connectivity index (χ4v) is 3.00. The van der Waals surface area contributed by atoms with Gasteiger partial charge in [0.05, 0.1) is 0 Å². The van der Waals surface area contributed by atoms with Gasteiger partial charge < -0.3 is 14.3 Å². The van der Waals surface area contributed by atoms with Crippen molar-refractivity contribution < 1.29 is 4.42 Å². The highest BCUT2D eigenvalue weighted by molar-refractivity contribution is 5.34. The number of rotatable bonds is 7. The number of hydrogen-bond donors (Lipinski definition) is 1. The maximum absolute atomic E-state index is 5.80. The van der Waals surface area contributed by atoms with Crippen LogP contribution in [0.1, 0.15) is 54.8 Å². The average molecular weight is 289 g/mol. The van der Waals surface area contributed by atoms with Crippen molar-refractivity contribution in [3.8, 4) is 0 Å². The van der Waals surface area contributed by atoms with E-state index in [4.69, 9.17) is 4.42 Å². The Kier molecular flexibility index (Phi) is 5.23. The fraction of sp³-hybridized carbons (Fsp3) is 0.588. The van der Waals surface area contributed by atoms with Crippen molar-refractivity contribution in [2.24, 2.45) is 0 Å². The van der Waals surface area contributed by atoms with Gasteiger partial charge >= 0.3 is 0 Å². The van der Waals surface area contributed by atoms with Crippen LogP contribution in [-0.2, 0) is 13.0 Å². The number of likely N-dealkylation sites (N-methyl/N-ethyl adjacent to an activating group) is 1. The molecular weight excluding hydrogens is 262 g/mol. The van der Waals surface area contributed by atoms with Crippen molar-refractivity contribution >= 4 is 0 Å². The van der Waals surface area contributed by atoms with Gasteiger partial charge in [-0.05, 0) is 39.3 Å². The van der Waals surface area contributed by atoms with Crippen molar-refractivity contribution in [3.63, 3.8) is 0 Å². The maximum Gasteiger partial charge on any atom is 0.110 e. The van der Waals surface area contributed by atoms with Crippen LogP contribution >= 0.6 is 0 Å². The summed E-state index contributed by atoms with van der Waals surface area (Å²) < 4.78 is 8.05. The van der Waals surface area contributed by atoms with E-state index in [-0.39, 0.29) is 6.04 Å². The van der Waals surface area contributed by atoms with Crippen LogP contribution in [0.5, 0.6) is 0 Å². The van der Waals surface area contributed by atoms with Crippen LogP contribution in [0.2, 0.25) is 0 Å². The molecule has 0 saturated heterocycles. The van der Waals surface area contributed by atoms with E-state index in [1.54, 1.807) is 0 Å². The molecule has 2 aromatic heterocycles. The molecule has 0 spiro atoms. The molecule has 0 aliphatic heterocycles. The molecule has 0 bridgehead atoms. The Morgan fingerprint density at radius 3 is 2.57 bits per heavy atom. The number of hydrogen-bond acceptors (Lipinski definition) is 3. The number of imidazole rings is 1. The van der Waals surface area contributed by atoms with E-state index >= 15 is 0 Å². The van der Waals surface area contributed by atoms with Crippen molar-refractivity contribution in [2.45, 2.75) is 60.0 Å². The Labute approximate surface area is 127 Å². The van der Waals surface area contributed by atoms with Gasteiger partial charge in [-0.2, -0.15) is 0 Å². The quantitative estimate of drug-likeness (QED) is 0.845. The molecule has 0 fully saturated rings. The van der Waals surface area contributed by atoms with Gasteiger partial charge in [-0.25, -0.2) is 4.98 Å². The van der Waals surface area contributed by atoms with E-state index in [0.29, 0.717) is 0 Å². The average Bonchev–Trinajstić information content (AvgIpc) is 2.96. The molecule has 1 atom stereocenters. The minimum absolute atomic E-state index is 0.255. The van der Waals surface area contributed by atoms with Crippen LogP contribution in [0.25, 0.3) is 0 Å². The van der Waals surface area contributed by atoms with Crippen LogP contribution in [0, 0.1) is 20.8 Å². The molecule has 4 nitrogen and oxygen atoms in total. The second kappa shape index (κ2) is 6.94. The van der Waals surface area contributed by atoms with E-state index < -0.39 is 0 Å². The maximum atomic E-state index is 5.80. The second-order valence-electron chi connectivity index (χ2n) is 5.60. The fourth-order valence-electron chi connectivity index (χ4n) is 3.00. The van der Waals surface area contributed by atoms with E-state index in [2.05, 4.69) is 48.8 Å². The third-order valence-electron chi connectivity index (χ3n) is 4.07. The van der Waals surface area contributed by atoms with E-state index in [1.807, 2.05) is 13.1 Å². The molecule has 0 amide bonds. The monoisotopic (exact) mass is 289 g/mol. The van der Waals surface area contributed by atoms with Crippen LogP contribution in [0.4, 0.5) is 0 Å². The first-order chi connectivity index (χ1) is 10.1. The minimum atomic E-state index is 0.255. The molecule has 21 heavy (non-hydrogen) atoms. The lowest BCUT2D eigenvalue weighted by Gasteiger charge is -2.19. The number of aromatic nitrogens is 2. The topological polar surface area (TPSA) is 43.0 Å². The lowest BCUT2D eigenvalue weighted by atomic mass is 9.99. The highest BCUT2D eigenvalue weighted by atomic mass is 16.3. The summed E-state index contributed by atoms with van der Waals surface area (Å²) in [6.45, 7) is 12.5. The van der Waals surface area contributed by atoms with E-state index in [9.17, 15) is 0 Å². The van der Waals surface area contributed by atoms with Gasteiger partial charge in [0.1, 0.15) is 17.3 Å². The first-order valence-corrected chi connectivity index (χ1v) is 7.88. The number of aryl methyl sites for hydroxylation is 3. The Bertz CT molecular complexity index is 583. The Hall–Kier alpha value is -1.55. The number of nitrogens with zero attached hydrogens (tertiary/aromatic N) is 2. The Balaban J connectivity index is 2.29. The highest BCUT2D eigenvalue weighted by Gasteiger charge is 2.22. The van der Waals surface area contributed by atoms with Gasteiger partial charge in [0.2, 0.25) is 0 Å². The van der Waals surface area contributed by atoms with Crippen LogP contribution in [-0.4, -0.2) is 16.1 Å². The summed E-state index contributed by atoms with van der Waals surface area (Å²) in [6, 6.07) is 0.255. The van der Waals surface area contributed by atoms with Crippen molar-refractivity contribution in [3.05, 3.63) is 40.9 Å². The Morgan fingerprint density at radius 1 is 1.24 bits per heavy atom. The molecule has 1 unspecified atom stereocenters. The van der Waals surface area contributed by atoms with Gasteiger partial charge in [-0.3, -0.25) is 0 Å². The van der Waals surface area contributed by atoms with Gasteiger partial charge in [-0.1, -0.05) is 13.8 Å². The summed E-state index contributed by atoms with van der Waals surface area (Å²) in [5, 5.41) is 3.59. The molecule has 116 valence electrons. The molecule has 0 aliphatic carbocycles. The zero-order valence-corrected chi connectivity index (χ0v) is 13.9. The normalized spacial score (nSPS) is 12.8. The van der Waals surface area contributed by atoms with Gasteiger partial charge in [0.15, 0.2) is 0 Å². The summed E-state index contributed by atoms with van der Waals surface area (Å²) >= 11 is 0. The summed E-state index contributed by atoms with van der Waals surface area (Å²) in [4.78, 5) is 4.54. The molecule has 0 aromatic carbocycles. The lowest BCUT2D eigenvalue weighted by Crippen LogP contribution is -2.25. The molecule has 2 heterocycles. The van der Waals surface area contributed by atoms with Gasteiger partial charge in [0.25, 0.3) is 0 Å². The molecule has 4 heteroatoms. The zero-order chi connectivity index (χ0) is 15.4. The van der Waals surface area contributed by atoms with Gasteiger partial charge in [-0.15, -0.1) is 0 Å². The minimum Gasteiger partial charge on any atom is -0.466 e. The predicted octanol–water partition coefficient (Wildman–Crippen LogP) is 3.70. The third-order valence-corrected chi connectivity index (χ3v) is 4.07. The second-order valence-corrected chi connectivity index (χ2v) is 5.60. The molecule has 2 rings (SSSR count). The zero-order valence-electron chi connectivity index (χ0n) is 13.9. The standard InChI is InChI=1S/C17H27N3O/c1-6-9-20-10-8-19-16(20)11-15(18-7-2)17-12(3)13(4)21-14(17)5/h8,10,15,18H,6-7,9,11H2,1-5H3. The number of furan rings is 1. The van der Waals surface area contributed by atoms with Crippen LogP contribution < -0.4 is 5.32 Å². The summed E-state index contributed by atoms with van der Waals surface area (Å²) in [5.74, 6) is 3.17. The van der Waals surface area contributed by atoms with Crippen molar-refractivity contribution in [2.75, 3.05) is 6.54 Å². The molecule has 1 N–H and O–H groups in total. The highest BCUT2D eigenvalue weighted by Crippen LogP contribution is 2.29. The molecular formula is C17H27N3O. The smallest absolute Gasteiger partial charge is 0.110 e. The summed E-state index contributed by atoms with van der Waals surface area (Å²) in [5.41, 5.74) is 2.55.